The molecular weight excluding hydrogens is 444 g/mol. The van der Waals surface area contributed by atoms with Crippen LogP contribution in [0.5, 0.6) is 0 Å². The summed E-state index contributed by atoms with van der Waals surface area (Å²) in [7, 11) is 4.15. The Morgan fingerprint density at radius 3 is 1.28 bits per heavy atom. The molecule has 2 aliphatic rings. The largest absolute Gasteiger partial charge is 0.346 e. The Morgan fingerprint density at radius 2 is 0.917 bits per heavy atom. The summed E-state index contributed by atoms with van der Waals surface area (Å²) in [5.74, 6) is 0. The van der Waals surface area contributed by atoms with Gasteiger partial charge < -0.3 is 9.80 Å². The van der Waals surface area contributed by atoms with Crippen molar-refractivity contribution >= 4 is 22.7 Å². The standard InChI is InChI=1S/C30H32N6/c1-29(2)23-11-7-9-13-25(23)35(5)27(29)19-31-33-21-15-17-22(18-16-21)34-32-20-28-30(3,4)24-12-8-10-14-26(24)36(28)6/h7-20H,1-6H3/b27-19+,28-20+,33-31?,34-32?. The molecule has 0 saturated carbocycles. The van der Waals surface area contributed by atoms with Gasteiger partial charge in [0.15, 0.2) is 0 Å². The number of likely N-dealkylation sites (N-methyl/N-ethyl adjacent to an activating group) is 2. The van der Waals surface area contributed by atoms with Crippen LogP contribution in [-0.2, 0) is 10.8 Å². The summed E-state index contributed by atoms with van der Waals surface area (Å²) < 4.78 is 0. The van der Waals surface area contributed by atoms with Gasteiger partial charge in [-0.1, -0.05) is 64.1 Å². The normalized spacial score (nSPS) is 20.2. The van der Waals surface area contributed by atoms with Gasteiger partial charge in [-0.05, 0) is 47.5 Å². The molecule has 0 N–H and O–H groups in total. The van der Waals surface area contributed by atoms with E-state index in [0.29, 0.717) is 0 Å². The minimum atomic E-state index is -0.119. The predicted octanol–water partition coefficient (Wildman–Crippen LogP) is 8.39. The first-order valence-electron chi connectivity index (χ1n) is 12.2. The molecule has 2 aliphatic heterocycles. The monoisotopic (exact) mass is 476 g/mol. The first kappa shape index (κ1) is 23.7. The summed E-state index contributed by atoms with van der Waals surface area (Å²) in [4.78, 5) is 4.38. The van der Waals surface area contributed by atoms with Gasteiger partial charge in [-0.3, -0.25) is 0 Å². The number of fused-ring (bicyclic) bond motifs is 2. The average Bonchev–Trinajstić information content (AvgIpc) is 3.19. The first-order valence-corrected chi connectivity index (χ1v) is 12.2. The summed E-state index contributed by atoms with van der Waals surface area (Å²) in [5.41, 5.74) is 8.57. The molecule has 0 aliphatic carbocycles. The van der Waals surface area contributed by atoms with Crippen LogP contribution in [0.15, 0.2) is 117 Å². The number of hydrogen-bond acceptors (Lipinski definition) is 6. The van der Waals surface area contributed by atoms with E-state index in [9.17, 15) is 0 Å². The fraction of sp³-hybridized carbons (Fsp3) is 0.267. The molecule has 3 aromatic carbocycles. The van der Waals surface area contributed by atoms with E-state index in [1.165, 1.54) is 22.5 Å². The molecule has 0 amide bonds. The minimum absolute atomic E-state index is 0.119. The highest BCUT2D eigenvalue weighted by Gasteiger charge is 2.39. The molecule has 0 saturated heterocycles. The van der Waals surface area contributed by atoms with Crippen LogP contribution in [0, 0.1) is 0 Å². The number of allylic oxidation sites excluding steroid dienone is 2. The molecular formula is C30H32N6. The molecule has 3 aromatic rings. The number of anilines is 2. The van der Waals surface area contributed by atoms with Crippen molar-refractivity contribution in [2.24, 2.45) is 20.5 Å². The summed E-state index contributed by atoms with van der Waals surface area (Å²) in [5, 5.41) is 17.6. The Balaban J connectivity index is 1.28. The van der Waals surface area contributed by atoms with Gasteiger partial charge >= 0.3 is 0 Å². The maximum absolute atomic E-state index is 4.40. The maximum atomic E-state index is 4.40. The zero-order valence-electron chi connectivity index (χ0n) is 21.8. The van der Waals surface area contributed by atoms with E-state index in [1.807, 2.05) is 36.7 Å². The smallest absolute Gasteiger partial charge is 0.0858 e. The lowest BCUT2D eigenvalue weighted by Crippen LogP contribution is -2.22. The van der Waals surface area contributed by atoms with Gasteiger partial charge in [-0.25, -0.2) is 0 Å². The molecule has 36 heavy (non-hydrogen) atoms. The second-order valence-corrected chi connectivity index (χ2v) is 10.4. The Hall–Kier alpha value is -4.06. The van der Waals surface area contributed by atoms with E-state index in [4.69, 9.17) is 0 Å². The lowest BCUT2D eigenvalue weighted by atomic mass is 9.84. The lowest BCUT2D eigenvalue weighted by molar-refractivity contribution is 0.637. The molecule has 182 valence electrons. The van der Waals surface area contributed by atoms with E-state index in [0.717, 1.165) is 22.8 Å². The molecule has 2 heterocycles. The number of benzene rings is 3. The number of nitrogens with zero attached hydrogens (tertiary/aromatic N) is 6. The van der Waals surface area contributed by atoms with Gasteiger partial charge in [0, 0.05) is 47.7 Å². The summed E-state index contributed by atoms with van der Waals surface area (Å²) >= 11 is 0. The first-order chi connectivity index (χ1) is 17.2. The quantitative estimate of drug-likeness (QED) is 0.355. The lowest BCUT2D eigenvalue weighted by Gasteiger charge is -2.22. The second-order valence-electron chi connectivity index (χ2n) is 10.4. The van der Waals surface area contributed by atoms with Crippen LogP contribution >= 0.6 is 0 Å². The van der Waals surface area contributed by atoms with Crippen molar-refractivity contribution in [1.82, 2.24) is 0 Å². The van der Waals surface area contributed by atoms with Gasteiger partial charge in [0.2, 0.25) is 0 Å². The second kappa shape index (κ2) is 8.86. The van der Waals surface area contributed by atoms with E-state index < -0.39 is 0 Å². The summed E-state index contributed by atoms with van der Waals surface area (Å²) in [6.07, 6.45) is 3.72. The summed E-state index contributed by atoms with van der Waals surface area (Å²) in [6.45, 7) is 8.87. The van der Waals surface area contributed by atoms with Crippen LogP contribution in [-0.4, -0.2) is 14.1 Å². The Kier molecular flexibility index (Phi) is 5.83. The SMILES string of the molecule is CN1/C(=C/N=Nc2ccc(N=N/C=C3/N(C)c4ccccc4C3(C)C)cc2)C(C)(C)c2ccccc21. The van der Waals surface area contributed by atoms with Crippen molar-refractivity contribution in [3.63, 3.8) is 0 Å². The molecule has 0 radical (unpaired) electrons. The minimum Gasteiger partial charge on any atom is -0.346 e. The third-order valence-electron chi connectivity index (χ3n) is 7.44. The topological polar surface area (TPSA) is 55.9 Å². The van der Waals surface area contributed by atoms with Crippen molar-refractivity contribution in [1.29, 1.82) is 0 Å². The van der Waals surface area contributed by atoms with Crippen molar-refractivity contribution in [3.8, 4) is 0 Å². The maximum Gasteiger partial charge on any atom is 0.0858 e. The van der Waals surface area contributed by atoms with Crippen LogP contribution in [0.25, 0.3) is 0 Å². The predicted molar refractivity (Wildman–Crippen MR) is 147 cm³/mol. The molecule has 5 rings (SSSR count). The Labute approximate surface area is 213 Å². The summed E-state index contributed by atoms with van der Waals surface area (Å²) in [6, 6.07) is 24.6. The molecule has 0 spiro atoms. The van der Waals surface area contributed by atoms with Crippen LogP contribution < -0.4 is 9.80 Å². The van der Waals surface area contributed by atoms with Gasteiger partial charge in [-0.2, -0.15) is 20.5 Å². The zero-order chi connectivity index (χ0) is 25.5. The Morgan fingerprint density at radius 1 is 0.556 bits per heavy atom. The molecule has 0 unspecified atom stereocenters. The van der Waals surface area contributed by atoms with Gasteiger partial charge in [-0.15, -0.1) is 0 Å². The van der Waals surface area contributed by atoms with E-state index >= 15 is 0 Å². The average molecular weight is 477 g/mol. The molecule has 0 fully saturated rings. The van der Waals surface area contributed by atoms with Crippen molar-refractivity contribution in [3.05, 3.63) is 108 Å². The highest BCUT2D eigenvalue weighted by Crippen LogP contribution is 2.47. The van der Waals surface area contributed by atoms with Crippen molar-refractivity contribution in [2.75, 3.05) is 23.9 Å². The number of azo groups is 2. The van der Waals surface area contributed by atoms with Gasteiger partial charge in [0.05, 0.1) is 23.8 Å². The number of hydrogen-bond donors (Lipinski definition) is 0. The molecule has 0 aromatic heterocycles. The molecule has 0 atom stereocenters. The molecule has 0 bridgehead atoms. The van der Waals surface area contributed by atoms with E-state index in [-0.39, 0.29) is 10.8 Å². The fourth-order valence-electron chi connectivity index (χ4n) is 5.35. The van der Waals surface area contributed by atoms with Crippen molar-refractivity contribution < 1.29 is 0 Å². The third kappa shape index (κ3) is 3.92. The van der Waals surface area contributed by atoms with Gasteiger partial charge in [0.1, 0.15) is 0 Å². The third-order valence-corrected chi connectivity index (χ3v) is 7.44. The molecule has 6 heteroatoms. The number of rotatable bonds is 4. The Bertz CT molecular complexity index is 1300. The van der Waals surface area contributed by atoms with Crippen LogP contribution in [0.2, 0.25) is 0 Å². The highest BCUT2D eigenvalue weighted by molar-refractivity contribution is 5.70. The number of para-hydroxylation sites is 2. The van der Waals surface area contributed by atoms with Crippen molar-refractivity contribution in [2.45, 2.75) is 38.5 Å². The van der Waals surface area contributed by atoms with E-state index in [2.05, 4.69) is 121 Å². The molecule has 6 nitrogen and oxygen atoms in total. The van der Waals surface area contributed by atoms with Crippen LogP contribution in [0.4, 0.5) is 22.7 Å². The fourth-order valence-corrected chi connectivity index (χ4v) is 5.35. The highest BCUT2D eigenvalue weighted by atomic mass is 15.2. The van der Waals surface area contributed by atoms with E-state index in [1.54, 1.807) is 0 Å². The zero-order valence-corrected chi connectivity index (χ0v) is 21.8. The van der Waals surface area contributed by atoms with Gasteiger partial charge in [0.25, 0.3) is 0 Å². The van der Waals surface area contributed by atoms with Crippen LogP contribution in [0.3, 0.4) is 0 Å². The van der Waals surface area contributed by atoms with Crippen LogP contribution in [0.1, 0.15) is 38.8 Å².